The Labute approximate surface area is 104 Å². The summed E-state index contributed by atoms with van der Waals surface area (Å²) in [5.41, 5.74) is -1.07. The smallest absolute Gasteiger partial charge is 0.272 e. The van der Waals surface area contributed by atoms with Gasteiger partial charge in [-0.1, -0.05) is 11.6 Å². The van der Waals surface area contributed by atoms with Gasteiger partial charge in [0.15, 0.2) is 0 Å². The third-order valence-corrected chi connectivity index (χ3v) is 2.52. The predicted molar refractivity (Wildman–Crippen MR) is 56.4 cm³/mol. The third kappa shape index (κ3) is 2.37. The Kier molecular flexibility index (Phi) is 3.01. The van der Waals surface area contributed by atoms with E-state index in [1.165, 1.54) is 12.1 Å². The van der Waals surface area contributed by atoms with E-state index < -0.39 is 11.7 Å². The fourth-order valence-corrected chi connectivity index (χ4v) is 1.68. The van der Waals surface area contributed by atoms with Gasteiger partial charge in [-0.3, -0.25) is 4.57 Å². The first-order chi connectivity index (χ1) is 7.89. The summed E-state index contributed by atoms with van der Waals surface area (Å²) in [6, 6.07) is 3.37. The molecule has 0 saturated heterocycles. The Morgan fingerprint density at radius 3 is 2.41 bits per heavy atom. The molecule has 0 atom stereocenters. The Morgan fingerprint density at radius 1 is 1.18 bits per heavy atom. The fraction of sp³-hybridized carbons (Fsp3) is 0.111. The van der Waals surface area contributed by atoms with Crippen LogP contribution >= 0.6 is 23.2 Å². The summed E-state index contributed by atoms with van der Waals surface area (Å²) < 4.78 is 39.4. The van der Waals surface area contributed by atoms with Crippen molar-refractivity contribution in [3.05, 3.63) is 40.4 Å². The van der Waals surface area contributed by atoms with Crippen molar-refractivity contribution in [3.63, 3.8) is 0 Å². The van der Waals surface area contributed by atoms with Crippen LogP contribution in [0, 0.1) is 0 Å². The number of hydrogen-bond donors (Lipinski definition) is 0. The molecular formula is C9H4Cl2F3N3. The Morgan fingerprint density at radius 2 is 1.88 bits per heavy atom. The van der Waals surface area contributed by atoms with Crippen molar-refractivity contribution in [1.29, 1.82) is 0 Å². The van der Waals surface area contributed by atoms with E-state index in [0.717, 1.165) is 17.0 Å². The highest BCUT2D eigenvalue weighted by Gasteiger charge is 2.34. The van der Waals surface area contributed by atoms with Crippen molar-refractivity contribution >= 4 is 23.2 Å². The summed E-state index contributed by atoms with van der Waals surface area (Å²) in [4.78, 5) is 0. The first-order valence-electron chi connectivity index (χ1n) is 4.32. The maximum atomic E-state index is 12.8. The molecule has 17 heavy (non-hydrogen) atoms. The lowest BCUT2D eigenvalue weighted by Gasteiger charge is -2.13. The van der Waals surface area contributed by atoms with Crippen molar-refractivity contribution in [2.24, 2.45) is 0 Å². The van der Waals surface area contributed by atoms with Gasteiger partial charge in [-0.05, 0) is 29.8 Å². The minimum Gasteiger partial charge on any atom is -0.272 e. The summed E-state index contributed by atoms with van der Waals surface area (Å²) in [5.74, 6) is 0. The molecule has 0 radical (unpaired) electrons. The molecule has 0 amide bonds. The summed E-state index contributed by atoms with van der Waals surface area (Å²) in [6.07, 6.45) is -3.44. The summed E-state index contributed by atoms with van der Waals surface area (Å²) in [5, 5.41) is 6.68. The van der Waals surface area contributed by atoms with Crippen LogP contribution in [0.15, 0.2) is 24.5 Å². The van der Waals surface area contributed by atoms with E-state index in [9.17, 15) is 13.2 Å². The third-order valence-electron chi connectivity index (χ3n) is 2.03. The van der Waals surface area contributed by atoms with Gasteiger partial charge in [-0.25, -0.2) is 0 Å². The molecule has 0 N–H and O–H groups in total. The minimum absolute atomic E-state index is 0.00901. The summed E-state index contributed by atoms with van der Waals surface area (Å²) in [6.45, 7) is 0. The SMILES string of the molecule is FC(F)(F)c1cc(Cl)ccc1-n1cnnc1Cl. The van der Waals surface area contributed by atoms with Gasteiger partial charge in [0, 0.05) is 5.02 Å². The zero-order valence-corrected chi connectivity index (χ0v) is 9.55. The first kappa shape index (κ1) is 12.2. The normalized spacial score (nSPS) is 11.8. The molecule has 1 aromatic heterocycles. The predicted octanol–water partition coefficient (Wildman–Crippen LogP) is 3.59. The van der Waals surface area contributed by atoms with E-state index in [1.54, 1.807) is 0 Å². The average molecular weight is 282 g/mol. The van der Waals surface area contributed by atoms with Crippen LogP contribution in [0.5, 0.6) is 0 Å². The number of alkyl halides is 3. The van der Waals surface area contributed by atoms with Crippen LogP contribution in [0.4, 0.5) is 13.2 Å². The van der Waals surface area contributed by atoms with E-state index in [1.807, 2.05) is 0 Å². The Bertz CT molecular complexity index is 551. The highest BCUT2D eigenvalue weighted by molar-refractivity contribution is 6.30. The van der Waals surface area contributed by atoms with E-state index >= 15 is 0 Å². The molecule has 1 heterocycles. The van der Waals surface area contributed by atoms with Gasteiger partial charge in [0.25, 0.3) is 0 Å². The van der Waals surface area contributed by atoms with Crippen molar-refractivity contribution in [1.82, 2.24) is 14.8 Å². The second kappa shape index (κ2) is 4.19. The molecular weight excluding hydrogens is 278 g/mol. The highest BCUT2D eigenvalue weighted by Crippen LogP contribution is 2.36. The molecule has 90 valence electrons. The molecule has 0 aliphatic carbocycles. The van der Waals surface area contributed by atoms with Gasteiger partial charge >= 0.3 is 6.18 Å². The van der Waals surface area contributed by atoms with Crippen molar-refractivity contribution in [2.75, 3.05) is 0 Å². The van der Waals surface area contributed by atoms with E-state index in [0.29, 0.717) is 0 Å². The zero-order chi connectivity index (χ0) is 12.6. The first-order valence-corrected chi connectivity index (χ1v) is 5.08. The van der Waals surface area contributed by atoms with Gasteiger partial charge in [-0.2, -0.15) is 13.2 Å². The lowest BCUT2D eigenvalue weighted by molar-refractivity contribution is -0.137. The van der Waals surface area contributed by atoms with Crippen LogP contribution in [-0.2, 0) is 6.18 Å². The lowest BCUT2D eigenvalue weighted by atomic mass is 10.1. The largest absolute Gasteiger partial charge is 0.418 e. The maximum absolute atomic E-state index is 12.8. The van der Waals surface area contributed by atoms with Crippen LogP contribution in [0.2, 0.25) is 10.3 Å². The summed E-state index contributed by atoms with van der Waals surface area (Å²) in [7, 11) is 0. The van der Waals surface area contributed by atoms with Crippen LogP contribution in [0.25, 0.3) is 5.69 Å². The maximum Gasteiger partial charge on any atom is 0.418 e. The Balaban J connectivity index is 2.67. The molecule has 8 heteroatoms. The summed E-state index contributed by atoms with van der Waals surface area (Å²) >= 11 is 11.2. The molecule has 2 rings (SSSR count). The molecule has 1 aromatic carbocycles. The molecule has 2 aromatic rings. The number of benzene rings is 1. The van der Waals surface area contributed by atoms with Crippen LogP contribution in [0.3, 0.4) is 0 Å². The van der Waals surface area contributed by atoms with Gasteiger partial charge in [-0.15, -0.1) is 10.2 Å². The zero-order valence-electron chi connectivity index (χ0n) is 8.04. The molecule has 0 saturated carbocycles. The number of aromatic nitrogens is 3. The van der Waals surface area contributed by atoms with Crippen LogP contribution in [-0.4, -0.2) is 14.8 Å². The van der Waals surface area contributed by atoms with Gasteiger partial charge in [0.1, 0.15) is 6.33 Å². The fourth-order valence-electron chi connectivity index (χ4n) is 1.33. The number of nitrogens with zero attached hydrogens (tertiary/aromatic N) is 3. The molecule has 0 aliphatic rings. The quantitative estimate of drug-likeness (QED) is 0.800. The molecule has 0 spiro atoms. The van der Waals surface area contributed by atoms with Crippen LogP contribution < -0.4 is 0 Å². The second-order valence-electron chi connectivity index (χ2n) is 3.13. The van der Waals surface area contributed by atoms with Gasteiger partial charge in [0.2, 0.25) is 5.28 Å². The highest BCUT2D eigenvalue weighted by atomic mass is 35.5. The number of halogens is 5. The average Bonchev–Trinajstić information content (AvgIpc) is 2.63. The second-order valence-corrected chi connectivity index (χ2v) is 3.90. The standard InChI is InChI=1S/C9H4Cl2F3N3/c10-5-1-2-7(6(3-5)9(12,13)14)17-4-15-16-8(17)11/h1-4H. The topological polar surface area (TPSA) is 30.7 Å². The monoisotopic (exact) mass is 281 g/mol. The van der Waals surface area contributed by atoms with Crippen molar-refractivity contribution in [3.8, 4) is 5.69 Å². The Hall–Kier alpha value is -1.27. The molecule has 3 nitrogen and oxygen atoms in total. The van der Waals surface area contributed by atoms with Crippen LogP contribution in [0.1, 0.15) is 5.56 Å². The van der Waals surface area contributed by atoms with E-state index in [2.05, 4.69) is 10.2 Å². The molecule has 0 aliphatic heterocycles. The molecule has 0 unspecified atom stereocenters. The minimum atomic E-state index is -4.53. The molecule has 0 bridgehead atoms. The molecule has 0 fully saturated rings. The number of rotatable bonds is 1. The van der Waals surface area contributed by atoms with E-state index in [-0.39, 0.29) is 16.0 Å². The van der Waals surface area contributed by atoms with E-state index in [4.69, 9.17) is 23.2 Å². The van der Waals surface area contributed by atoms with Crippen molar-refractivity contribution in [2.45, 2.75) is 6.18 Å². The lowest BCUT2D eigenvalue weighted by Crippen LogP contribution is -2.10. The van der Waals surface area contributed by atoms with Crippen molar-refractivity contribution < 1.29 is 13.2 Å². The van der Waals surface area contributed by atoms with Gasteiger partial charge < -0.3 is 0 Å². The van der Waals surface area contributed by atoms with Gasteiger partial charge in [0.05, 0.1) is 11.3 Å². The number of hydrogen-bond acceptors (Lipinski definition) is 2.